The van der Waals surface area contributed by atoms with Gasteiger partial charge in [-0.1, -0.05) is 28.7 Å². The summed E-state index contributed by atoms with van der Waals surface area (Å²) in [7, 11) is -0.457. The first-order chi connectivity index (χ1) is 11.6. The van der Waals surface area contributed by atoms with Crippen LogP contribution in [0.3, 0.4) is 0 Å². The summed E-state index contributed by atoms with van der Waals surface area (Å²) in [5.41, 5.74) is 1.01. The van der Waals surface area contributed by atoms with Crippen molar-refractivity contribution >= 4 is 7.92 Å². The summed E-state index contributed by atoms with van der Waals surface area (Å²) in [6, 6.07) is 0. The van der Waals surface area contributed by atoms with E-state index >= 15 is 0 Å². The lowest BCUT2D eigenvalue weighted by molar-refractivity contribution is 0.0423. The highest BCUT2D eigenvalue weighted by atomic mass is 31.1. The van der Waals surface area contributed by atoms with E-state index in [0.717, 1.165) is 0 Å². The Balaban J connectivity index is 4.65. The number of aliphatic hydroxyl groups is 3. The third-order valence-corrected chi connectivity index (χ3v) is 7.18. The van der Waals surface area contributed by atoms with Crippen LogP contribution in [0.4, 0.5) is 0 Å². The van der Waals surface area contributed by atoms with E-state index < -0.39 is 26.2 Å². The number of rotatable bonds is 15. The molecular weight excluding hydrogens is 343 g/mol. The molecule has 6 nitrogen and oxygen atoms in total. The third-order valence-electron chi connectivity index (χ3n) is 3.68. The van der Waals surface area contributed by atoms with Gasteiger partial charge in [-0.05, 0) is 20.8 Å². The molecule has 0 saturated carbocycles. The molecule has 152 valence electrons. The first-order valence-corrected chi connectivity index (χ1v) is 10.7. The van der Waals surface area contributed by atoms with Crippen LogP contribution in [0.5, 0.6) is 0 Å². The van der Waals surface area contributed by atoms with Gasteiger partial charge >= 0.3 is 0 Å². The smallest absolute Gasteiger partial charge is 0.0745 e. The predicted octanol–water partition coefficient (Wildman–Crippen LogP) is 1.83. The van der Waals surface area contributed by atoms with E-state index in [2.05, 4.69) is 20.8 Å². The minimum absolute atomic E-state index is 0.337. The van der Waals surface area contributed by atoms with Crippen LogP contribution < -0.4 is 0 Å². The van der Waals surface area contributed by atoms with Crippen molar-refractivity contribution < 1.29 is 29.5 Å². The second kappa shape index (κ2) is 14.3. The van der Waals surface area contributed by atoms with Gasteiger partial charge < -0.3 is 29.5 Å². The molecule has 0 aliphatic rings. The third kappa shape index (κ3) is 13.1. The highest BCUT2D eigenvalue weighted by Crippen LogP contribution is 2.51. The lowest BCUT2D eigenvalue weighted by atomic mass is 10.4. The number of hydrogen-bond acceptors (Lipinski definition) is 6. The van der Waals surface area contributed by atoms with E-state index in [4.69, 9.17) is 14.2 Å². The van der Waals surface area contributed by atoms with Crippen LogP contribution in [0, 0.1) is 0 Å². The number of hydrogen-bond donors (Lipinski definition) is 3. The second-order valence-corrected chi connectivity index (χ2v) is 10.7. The molecule has 0 aromatic carbocycles. The fourth-order valence-corrected chi connectivity index (χ4v) is 6.23. The zero-order valence-corrected chi connectivity index (χ0v) is 17.6. The van der Waals surface area contributed by atoms with Crippen LogP contribution in [0.2, 0.25) is 0 Å². The first-order valence-electron chi connectivity index (χ1n) is 9.19. The van der Waals surface area contributed by atoms with Gasteiger partial charge in [-0.2, -0.15) is 0 Å². The average molecular weight is 382 g/mol. The normalized spacial score (nSPS) is 20.5. The van der Waals surface area contributed by atoms with Gasteiger partial charge in [-0.15, -0.1) is 0 Å². The van der Waals surface area contributed by atoms with Crippen LogP contribution >= 0.6 is 7.92 Å². The number of aliphatic hydroxyl groups excluding tert-OH is 3. The molecule has 0 spiro atoms. The largest absolute Gasteiger partial charge is 0.391 e. The fourth-order valence-electron chi connectivity index (χ4n) is 2.79. The van der Waals surface area contributed by atoms with E-state index in [1.165, 1.54) is 0 Å². The molecule has 0 fully saturated rings. The van der Waals surface area contributed by atoms with Gasteiger partial charge in [-0.3, -0.25) is 0 Å². The SMILES string of the molecule is CC(O)COCC(C)P(C(C)COCC(C)O)C(C)COCC(C)O. The highest BCUT2D eigenvalue weighted by Gasteiger charge is 2.29. The molecular formula is C18H39O6P. The van der Waals surface area contributed by atoms with Crippen molar-refractivity contribution in [1.29, 1.82) is 0 Å². The molecule has 0 amide bonds. The lowest BCUT2D eigenvalue weighted by Gasteiger charge is -2.35. The average Bonchev–Trinajstić information content (AvgIpc) is 2.46. The van der Waals surface area contributed by atoms with E-state index in [1.807, 2.05) is 0 Å². The van der Waals surface area contributed by atoms with Crippen molar-refractivity contribution in [3.63, 3.8) is 0 Å². The van der Waals surface area contributed by atoms with Gasteiger partial charge in [-0.25, -0.2) is 0 Å². The Hall–Kier alpha value is 0.190. The molecule has 6 unspecified atom stereocenters. The Labute approximate surface area is 154 Å². The van der Waals surface area contributed by atoms with Crippen molar-refractivity contribution in [3.05, 3.63) is 0 Å². The first kappa shape index (κ1) is 25.2. The van der Waals surface area contributed by atoms with E-state index in [9.17, 15) is 15.3 Å². The van der Waals surface area contributed by atoms with E-state index in [0.29, 0.717) is 56.6 Å². The van der Waals surface area contributed by atoms with Gasteiger partial charge in [0.25, 0.3) is 0 Å². The molecule has 7 heteroatoms. The Morgan fingerprint density at radius 3 is 0.960 bits per heavy atom. The minimum Gasteiger partial charge on any atom is -0.391 e. The fraction of sp³-hybridized carbons (Fsp3) is 1.00. The molecule has 0 rings (SSSR count). The monoisotopic (exact) mass is 382 g/mol. The van der Waals surface area contributed by atoms with Gasteiger partial charge in [0.1, 0.15) is 0 Å². The molecule has 0 aliphatic heterocycles. The summed E-state index contributed by atoms with van der Waals surface area (Å²) in [5.74, 6) is 0. The molecule has 0 aliphatic carbocycles. The van der Waals surface area contributed by atoms with Crippen molar-refractivity contribution in [2.45, 2.75) is 76.8 Å². The van der Waals surface area contributed by atoms with Crippen molar-refractivity contribution in [1.82, 2.24) is 0 Å². The van der Waals surface area contributed by atoms with Crippen LogP contribution in [-0.4, -0.2) is 90.2 Å². The predicted molar refractivity (Wildman–Crippen MR) is 103 cm³/mol. The quantitative estimate of drug-likeness (QED) is 0.375. The Morgan fingerprint density at radius 1 is 0.520 bits per heavy atom. The summed E-state index contributed by atoms with van der Waals surface area (Å²) in [5, 5.41) is 28.1. The van der Waals surface area contributed by atoms with Gasteiger partial charge in [0.2, 0.25) is 0 Å². The summed E-state index contributed by atoms with van der Waals surface area (Å²) in [6.45, 7) is 14.5. The van der Waals surface area contributed by atoms with Crippen molar-refractivity contribution in [2.24, 2.45) is 0 Å². The topological polar surface area (TPSA) is 88.4 Å². The maximum absolute atomic E-state index is 9.35. The molecule has 0 radical (unpaired) electrons. The Morgan fingerprint density at radius 2 is 0.760 bits per heavy atom. The maximum atomic E-state index is 9.35. The molecule has 0 aromatic heterocycles. The molecule has 0 saturated heterocycles. The maximum Gasteiger partial charge on any atom is 0.0745 e. The van der Waals surface area contributed by atoms with Gasteiger partial charge in [0.15, 0.2) is 0 Å². The van der Waals surface area contributed by atoms with Crippen LogP contribution in [0.15, 0.2) is 0 Å². The van der Waals surface area contributed by atoms with Crippen LogP contribution in [0.1, 0.15) is 41.5 Å². The Kier molecular flexibility index (Phi) is 14.4. The summed E-state index contributed by atoms with van der Waals surface area (Å²) in [6.07, 6.45) is -1.38. The van der Waals surface area contributed by atoms with Crippen molar-refractivity contribution in [3.8, 4) is 0 Å². The van der Waals surface area contributed by atoms with Gasteiger partial charge in [0, 0.05) is 17.0 Å². The zero-order chi connectivity index (χ0) is 19.4. The van der Waals surface area contributed by atoms with E-state index in [-0.39, 0.29) is 0 Å². The standard InChI is InChI=1S/C18H39O6P/c1-13(19)7-22-10-16(4)25(17(5)11-23-8-14(2)20)18(6)12-24-9-15(3)21/h13-21H,7-12H2,1-6H3. The summed E-state index contributed by atoms with van der Waals surface area (Å²) < 4.78 is 16.9. The van der Waals surface area contributed by atoms with Crippen LogP contribution in [-0.2, 0) is 14.2 Å². The minimum atomic E-state index is -0.461. The molecule has 25 heavy (non-hydrogen) atoms. The molecule has 0 bridgehead atoms. The van der Waals surface area contributed by atoms with Crippen molar-refractivity contribution in [2.75, 3.05) is 39.6 Å². The van der Waals surface area contributed by atoms with E-state index in [1.54, 1.807) is 20.8 Å². The van der Waals surface area contributed by atoms with Crippen LogP contribution in [0.25, 0.3) is 0 Å². The zero-order valence-electron chi connectivity index (χ0n) is 16.7. The Bertz CT molecular complexity index is 266. The molecule has 6 atom stereocenters. The summed E-state index contributed by atoms with van der Waals surface area (Å²) >= 11 is 0. The summed E-state index contributed by atoms with van der Waals surface area (Å²) in [4.78, 5) is 0. The number of ether oxygens (including phenoxy) is 3. The highest BCUT2D eigenvalue weighted by molar-refractivity contribution is 7.59. The van der Waals surface area contributed by atoms with Gasteiger partial charge in [0.05, 0.1) is 58.0 Å². The molecule has 0 heterocycles. The lowest BCUT2D eigenvalue weighted by Crippen LogP contribution is -2.29. The second-order valence-electron chi connectivity index (χ2n) is 7.15. The molecule has 3 N–H and O–H groups in total. The molecule has 0 aromatic rings.